The van der Waals surface area contributed by atoms with Crippen LogP contribution in [0.2, 0.25) is 5.02 Å². The minimum absolute atomic E-state index is 0.281. The first kappa shape index (κ1) is 13.5. The Labute approximate surface area is 117 Å². The van der Waals surface area contributed by atoms with Gasteiger partial charge in [-0.25, -0.2) is 9.47 Å². The second-order valence-electron chi connectivity index (χ2n) is 3.49. The molecule has 0 unspecified atom stereocenters. The van der Waals surface area contributed by atoms with Crippen molar-refractivity contribution in [1.29, 1.82) is 0 Å². The Kier molecular flexibility index (Phi) is 3.82. The van der Waals surface area contributed by atoms with Gasteiger partial charge in [0.05, 0.1) is 22.6 Å². The van der Waals surface area contributed by atoms with E-state index >= 15 is 0 Å². The third-order valence-electron chi connectivity index (χ3n) is 2.23. The number of benzene rings is 1. The van der Waals surface area contributed by atoms with Gasteiger partial charge < -0.3 is 16.3 Å². The normalized spacial score (nSPS) is 10.4. The molecule has 0 bridgehead atoms. The molecule has 0 aliphatic heterocycles. The van der Waals surface area contributed by atoms with Crippen LogP contribution in [0.4, 0.5) is 5.69 Å². The summed E-state index contributed by atoms with van der Waals surface area (Å²) in [6.45, 7) is 0. The van der Waals surface area contributed by atoms with Crippen LogP contribution < -0.4 is 11.6 Å². The van der Waals surface area contributed by atoms with E-state index < -0.39 is 5.97 Å². The molecule has 1 aromatic heterocycles. The largest absolute Gasteiger partial charge is 0.465 e. The standard InChI is InChI=1S/C10H10ClN5O2S/c1-18-9(17)5-2-6(11)8(7(12)3-5)19-10-15-14-4-16(10)13/h2-4H,12-13H2,1H3. The number of aromatic nitrogens is 3. The number of methoxy groups -OCH3 is 1. The van der Waals surface area contributed by atoms with E-state index in [1.807, 2.05) is 0 Å². The maximum absolute atomic E-state index is 11.4. The van der Waals surface area contributed by atoms with Crippen LogP contribution in [0.5, 0.6) is 0 Å². The molecule has 0 radical (unpaired) electrons. The van der Waals surface area contributed by atoms with E-state index in [4.69, 9.17) is 23.2 Å². The summed E-state index contributed by atoms with van der Waals surface area (Å²) in [4.78, 5) is 12.0. The van der Waals surface area contributed by atoms with Crippen LogP contribution >= 0.6 is 23.4 Å². The molecule has 9 heteroatoms. The van der Waals surface area contributed by atoms with Crippen LogP contribution in [0.3, 0.4) is 0 Å². The van der Waals surface area contributed by atoms with E-state index in [9.17, 15) is 4.79 Å². The van der Waals surface area contributed by atoms with Crippen molar-refractivity contribution in [3.8, 4) is 0 Å². The first-order valence-corrected chi connectivity index (χ1v) is 6.22. The zero-order valence-electron chi connectivity index (χ0n) is 9.83. The van der Waals surface area contributed by atoms with Crippen molar-refractivity contribution in [2.45, 2.75) is 10.1 Å². The number of rotatable bonds is 3. The predicted octanol–water partition coefficient (Wildman–Crippen LogP) is 1.17. The monoisotopic (exact) mass is 299 g/mol. The van der Waals surface area contributed by atoms with Gasteiger partial charge in [0.1, 0.15) is 6.33 Å². The van der Waals surface area contributed by atoms with Gasteiger partial charge in [-0.15, -0.1) is 10.2 Å². The molecule has 1 aromatic carbocycles. The van der Waals surface area contributed by atoms with Crippen molar-refractivity contribution < 1.29 is 9.53 Å². The first-order chi connectivity index (χ1) is 9.02. The quantitative estimate of drug-likeness (QED) is 0.497. The zero-order valence-corrected chi connectivity index (χ0v) is 11.4. The molecule has 0 aliphatic carbocycles. The molecule has 19 heavy (non-hydrogen) atoms. The summed E-state index contributed by atoms with van der Waals surface area (Å²) >= 11 is 7.26. The fraction of sp³-hybridized carbons (Fsp3) is 0.100. The second-order valence-corrected chi connectivity index (χ2v) is 4.88. The summed E-state index contributed by atoms with van der Waals surface area (Å²) in [6, 6.07) is 2.96. The molecule has 2 rings (SSSR count). The highest BCUT2D eigenvalue weighted by Gasteiger charge is 2.15. The Morgan fingerprint density at radius 3 is 2.79 bits per heavy atom. The maximum atomic E-state index is 11.4. The molecule has 2 aromatic rings. The van der Waals surface area contributed by atoms with E-state index in [1.54, 1.807) is 0 Å². The van der Waals surface area contributed by atoms with Crippen molar-refractivity contribution in [3.05, 3.63) is 29.0 Å². The van der Waals surface area contributed by atoms with Crippen molar-refractivity contribution >= 4 is 35.0 Å². The highest BCUT2D eigenvalue weighted by atomic mass is 35.5. The summed E-state index contributed by atoms with van der Waals surface area (Å²) in [5.74, 6) is 5.09. The van der Waals surface area contributed by atoms with Gasteiger partial charge >= 0.3 is 5.97 Å². The lowest BCUT2D eigenvalue weighted by atomic mass is 10.2. The van der Waals surface area contributed by atoms with Crippen molar-refractivity contribution in [3.63, 3.8) is 0 Å². The highest BCUT2D eigenvalue weighted by Crippen LogP contribution is 2.37. The van der Waals surface area contributed by atoms with Crippen molar-refractivity contribution in [2.24, 2.45) is 0 Å². The van der Waals surface area contributed by atoms with Gasteiger partial charge in [0.2, 0.25) is 5.16 Å². The number of nitrogen functional groups attached to an aromatic ring is 2. The lowest BCUT2D eigenvalue weighted by molar-refractivity contribution is 0.0600. The average Bonchev–Trinajstić information content (AvgIpc) is 2.78. The Morgan fingerprint density at radius 1 is 1.53 bits per heavy atom. The lowest BCUT2D eigenvalue weighted by Crippen LogP contribution is -2.08. The minimum atomic E-state index is -0.507. The van der Waals surface area contributed by atoms with Crippen LogP contribution in [-0.2, 0) is 4.74 Å². The van der Waals surface area contributed by atoms with E-state index in [0.717, 1.165) is 11.8 Å². The number of anilines is 1. The van der Waals surface area contributed by atoms with Gasteiger partial charge in [-0.1, -0.05) is 11.6 Å². The summed E-state index contributed by atoms with van der Waals surface area (Å²) in [7, 11) is 1.28. The number of nitrogens with two attached hydrogens (primary N) is 2. The van der Waals surface area contributed by atoms with Crippen LogP contribution in [0.15, 0.2) is 28.5 Å². The fourth-order valence-electron chi connectivity index (χ4n) is 1.35. The molecular formula is C10H10ClN5O2S. The molecule has 0 spiro atoms. The molecule has 4 N–H and O–H groups in total. The Bertz CT molecular complexity index is 607. The third-order valence-corrected chi connectivity index (χ3v) is 3.77. The smallest absolute Gasteiger partial charge is 0.337 e. The van der Waals surface area contributed by atoms with Gasteiger partial charge in [-0.05, 0) is 23.9 Å². The minimum Gasteiger partial charge on any atom is -0.465 e. The van der Waals surface area contributed by atoms with Gasteiger partial charge in [-0.3, -0.25) is 0 Å². The van der Waals surface area contributed by atoms with Gasteiger partial charge in [0.25, 0.3) is 0 Å². The Balaban J connectivity index is 2.37. The van der Waals surface area contributed by atoms with Crippen molar-refractivity contribution in [2.75, 3.05) is 18.7 Å². The molecule has 7 nitrogen and oxygen atoms in total. The molecule has 100 valence electrons. The van der Waals surface area contributed by atoms with Crippen LogP contribution in [-0.4, -0.2) is 28.0 Å². The average molecular weight is 300 g/mol. The van der Waals surface area contributed by atoms with E-state index in [2.05, 4.69) is 14.9 Å². The first-order valence-electron chi connectivity index (χ1n) is 5.03. The summed E-state index contributed by atoms with van der Waals surface area (Å²) in [5.41, 5.74) is 6.49. The van der Waals surface area contributed by atoms with Crippen LogP contribution in [0.25, 0.3) is 0 Å². The molecule has 0 saturated carbocycles. The SMILES string of the molecule is COC(=O)c1cc(N)c(Sc2nncn2N)c(Cl)c1. The number of hydrogen-bond acceptors (Lipinski definition) is 7. The topological polar surface area (TPSA) is 109 Å². The number of esters is 1. The second kappa shape index (κ2) is 5.37. The molecule has 0 amide bonds. The summed E-state index contributed by atoms with van der Waals surface area (Å²) in [6.07, 6.45) is 1.36. The predicted molar refractivity (Wildman–Crippen MR) is 71.5 cm³/mol. The van der Waals surface area contributed by atoms with Crippen LogP contribution in [0.1, 0.15) is 10.4 Å². The van der Waals surface area contributed by atoms with Gasteiger partial charge in [-0.2, -0.15) is 0 Å². The van der Waals surface area contributed by atoms with Gasteiger partial charge in [0.15, 0.2) is 0 Å². The molecule has 0 fully saturated rings. The third kappa shape index (κ3) is 2.74. The molecular weight excluding hydrogens is 290 g/mol. The van der Waals surface area contributed by atoms with Crippen LogP contribution in [0, 0.1) is 0 Å². The molecule has 0 atom stereocenters. The molecule has 0 saturated heterocycles. The lowest BCUT2D eigenvalue weighted by Gasteiger charge is -2.09. The number of carbonyl (C=O) groups excluding carboxylic acids is 1. The van der Waals surface area contributed by atoms with E-state index in [1.165, 1.54) is 30.2 Å². The number of nitrogens with zero attached hydrogens (tertiary/aromatic N) is 3. The summed E-state index contributed by atoms with van der Waals surface area (Å²) < 4.78 is 5.85. The summed E-state index contributed by atoms with van der Waals surface area (Å²) in [5, 5.41) is 8.20. The number of carbonyl (C=O) groups is 1. The van der Waals surface area contributed by atoms with E-state index in [0.29, 0.717) is 20.8 Å². The van der Waals surface area contributed by atoms with Gasteiger partial charge in [0, 0.05) is 5.69 Å². The number of hydrogen-bond donors (Lipinski definition) is 2. The highest BCUT2D eigenvalue weighted by molar-refractivity contribution is 7.99. The van der Waals surface area contributed by atoms with Crippen molar-refractivity contribution in [1.82, 2.24) is 14.9 Å². The molecule has 1 heterocycles. The zero-order chi connectivity index (χ0) is 14.0. The Morgan fingerprint density at radius 2 is 2.26 bits per heavy atom. The number of halogens is 1. The maximum Gasteiger partial charge on any atom is 0.337 e. The number of ether oxygens (including phenoxy) is 1. The Hall–Kier alpha value is -1.93. The molecule has 0 aliphatic rings. The van der Waals surface area contributed by atoms with E-state index in [-0.39, 0.29) is 5.56 Å². The fourth-order valence-corrected chi connectivity index (χ4v) is 2.45.